The minimum atomic E-state index is -3.76. The number of anilines is 1. The fourth-order valence-corrected chi connectivity index (χ4v) is 3.56. The summed E-state index contributed by atoms with van der Waals surface area (Å²) in [5, 5.41) is 2.50. The van der Waals surface area contributed by atoms with Gasteiger partial charge in [-0.2, -0.15) is 0 Å². The van der Waals surface area contributed by atoms with Crippen LogP contribution >= 0.6 is 0 Å². The first kappa shape index (κ1) is 19.9. The molecule has 0 saturated heterocycles. The molecule has 0 unspecified atom stereocenters. The highest BCUT2D eigenvalue weighted by atomic mass is 32.2. The van der Waals surface area contributed by atoms with Crippen LogP contribution in [-0.2, 0) is 10.0 Å². The Morgan fingerprint density at radius 3 is 2.54 bits per heavy atom. The van der Waals surface area contributed by atoms with E-state index >= 15 is 0 Å². The molecule has 0 bridgehead atoms. The Kier molecular flexibility index (Phi) is 6.33. The van der Waals surface area contributed by atoms with Gasteiger partial charge >= 0.3 is 0 Å². The van der Waals surface area contributed by atoms with E-state index in [0.717, 1.165) is 0 Å². The van der Waals surface area contributed by atoms with E-state index in [9.17, 15) is 17.6 Å². The topological polar surface area (TPSA) is 84.5 Å². The number of carbonyl (C=O) groups excluding carboxylic acids is 1. The molecule has 26 heavy (non-hydrogen) atoms. The van der Waals surface area contributed by atoms with Crippen molar-refractivity contribution < 1.29 is 22.3 Å². The van der Waals surface area contributed by atoms with Crippen LogP contribution in [0.5, 0.6) is 5.75 Å². The van der Waals surface area contributed by atoms with Gasteiger partial charge < -0.3 is 10.1 Å². The highest BCUT2D eigenvalue weighted by Crippen LogP contribution is 2.28. The Morgan fingerprint density at radius 1 is 1.23 bits per heavy atom. The predicted molar refractivity (Wildman–Crippen MR) is 97.4 cm³/mol. The maximum Gasteiger partial charge on any atom is 0.258 e. The van der Waals surface area contributed by atoms with Crippen molar-refractivity contribution >= 4 is 21.6 Å². The third-order valence-corrected chi connectivity index (χ3v) is 5.40. The Balaban J connectivity index is 2.36. The van der Waals surface area contributed by atoms with Crippen molar-refractivity contribution in [1.29, 1.82) is 0 Å². The first-order chi connectivity index (χ1) is 12.3. The molecule has 1 amide bonds. The minimum absolute atomic E-state index is 0.0255. The summed E-state index contributed by atoms with van der Waals surface area (Å²) in [6, 6.07) is 9.36. The zero-order valence-corrected chi connectivity index (χ0v) is 15.6. The van der Waals surface area contributed by atoms with Crippen LogP contribution in [0.15, 0.2) is 47.4 Å². The Morgan fingerprint density at radius 2 is 1.92 bits per heavy atom. The molecule has 0 aliphatic carbocycles. The maximum atomic E-state index is 13.8. The Labute approximate surface area is 152 Å². The van der Waals surface area contributed by atoms with Crippen molar-refractivity contribution in [3.05, 3.63) is 53.8 Å². The number of nitrogens with one attached hydrogen (secondary N) is 2. The zero-order chi connectivity index (χ0) is 19.3. The summed E-state index contributed by atoms with van der Waals surface area (Å²) in [7, 11) is -2.37. The summed E-state index contributed by atoms with van der Waals surface area (Å²) >= 11 is 0. The number of benzene rings is 2. The zero-order valence-electron chi connectivity index (χ0n) is 14.7. The van der Waals surface area contributed by atoms with Crippen LogP contribution in [0, 0.1) is 5.82 Å². The van der Waals surface area contributed by atoms with Gasteiger partial charge in [0.2, 0.25) is 10.0 Å². The van der Waals surface area contributed by atoms with Gasteiger partial charge in [0.1, 0.15) is 11.6 Å². The van der Waals surface area contributed by atoms with Crippen LogP contribution in [0.4, 0.5) is 10.1 Å². The van der Waals surface area contributed by atoms with Crippen LogP contribution < -0.4 is 14.8 Å². The molecule has 2 N–H and O–H groups in total. The molecule has 1 atom stereocenters. The molecule has 0 radical (unpaired) electrons. The predicted octanol–water partition coefficient (Wildman–Crippen LogP) is 3.16. The normalized spacial score (nSPS) is 12.5. The summed E-state index contributed by atoms with van der Waals surface area (Å²) in [6.45, 7) is 3.61. The molecule has 0 spiro atoms. The van der Waals surface area contributed by atoms with Gasteiger partial charge in [-0.15, -0.1) is 0 Å². The lowest BCUT2D eigenvalue weighted by molar-refractivity contribution is 0.102. The number of ether oxygens (including phenoxy) is 1. The first-order valence-electron chi connectivity index (χ1n) is 8.04. The van der Waals surface area contributed by atoms with E-state index in [-0.39, 0.29) is 27.9 Å². The number of sulfonamides is 1. The van der Waals surface area contributed by atoms with E-state index in [0.29, 0.717) is 6.42 Å². The SMILES string of the molecule is CC[C@H](C)NS(=O)(=O)c1ccc(OC)c(NC(=O)c2ccccc2F)c1. The van der Waals surface area contributed by atoms with E-state index in [4.69, 9.17) is 4.74 Å². The standard InChI is InChI=1S/C18H21FN2O4S/c1-4-12(2)21-26(23,24)13-9-10-17(25-3)16(11-13)20-18(22)14-7-5-6-8-15(14)19/h5-12,21H,4H2,1-3H3,(H,20,22)/t12-/m0/s1. The van der Waals surface area contributed by atoms with Crippen LogP contribution in [0.25, 0.3) is 0 Å². The number of rotatable bonds is 7. The van der Waals surface area contributed by atoms with Gasteiger partial charge in [-0.3, -0.25) is 4.79 Å². The summed E-state index contributed by atoms with van der Waals surface area (Å²) in [4.78, 5) is 12.3. The largest absolute Gasteiger partial charge is 0.495 e. The molecule has 6 nitrogen and oxygen atoms in total. The second-order valence-electron chi connectivity index (χ2n) is 5.73. The lowest BCUT2D eigenvalue weighted by Gasteiger charge is -2.15. The van der Waals surface area contributed by atoms with Crippen LogP contribution in [0.3, 0.4) is 0 Å². The van der Waals surface area contributed by atoms with Crippen LogP contribution in [-0.4, -0.2) is 27.5 Å². The molecule has 0 saturated carbocycles. The summed E-state index contributed by atoms with van der Waals surface area (Å²) in [6.07, 6.45) is 0.631. The first-order valence-corrected chi connectivity index (χ1v) is 9.53. The smallest absolute Gasteiger partial charge is 0.258 e. The van der Waals surface area contributed by atoms with E-state index in [2.05, 4.69) is 10.0 Å². The van der Waals surface area contributed by atoms with Crippen LogP contribution in [0.2, 0.25) is 0 Å². The minimum Gasteiger partial charge on any atom is -0.495 e. The second-order valence-corrected chi connectivity index (χ2v) is 7.44. The lowest BCUT2D eigenvalue weighted by Crippen LogP contribution is -2.32. The molecule has 8 heteroatoms. The summed E-state index contributed by atoms with van der Waals surface area (Å²) in [5.41, 5.74) is -0.0201. The van der Waals surface area contributed by atoms with E-state index in [1.54, 1.807) is 6.92 Å². The fourth-order valence-electron chi connectivity index (χ4n) is 2.20. The molecule has 2 rings (SSSR count). The van der Waals surface area contributed by atoms with Gasteiger partial charge in [0.15, 0.2) is 0 Å². The Hall–Kier alpha value is -2.45. The Bertz CT molecular complexity index is 900. The van der Waals surface area contributed by atoms with Crippen LogP contribution in [0.1, 0.15) is 30.6 Å². The van der Waals surface area contributed by atoms with Crippen molar-refractivity contribution in [2.24, 2.45) is 0 Å². The number of halogens is 1. The molecule has 0 aliphatic heterocycles. The van der Waals surface area contributed by atoms with E-state index in [1.165, 1.54) is 49.6 Å². The highest BCUT2D eigenvalue weighted by molar-refractivity contribution is 7.89. The molecule has 0 aliphatic rings. The van der Waals surface area contributed by atoms with Gasteiger partial charge in [-0.05, 0) is 43.7 Å². The highest BCUT2D eigenvalue weighted by Gasteiger charge is 2.20. The second kappa shape index (κ2) is 8.29. The molecular weight excluding hydrogens is 359 g/mol. The fraction of sp³-hybridized carbons (Fsp3) is 0.278. The van der Waals surface area contributed by atoms with E-state index in [1.807, 2.05) is 6.92 Å². The number of hydrogen-bond acceptors (Lipinski definition) is 4. The summed E-state index contributed by atoms with van der Waals surface area (Å²) < 4.78 is 46.4. The number of hydrogen-bond donors (Lipinski definition) is 2. The van der Waals surface area contributed by atoms with E-state index < -0.39 is 21.7 Å². The average molecular weight is 380 g/mol. The molecular formula is C18H21FN2O4S. The quantitative estimate of drug-likeness (QED) is 0.773. The molecule has 2 aromatic rings. The van der Waals surface area contributed by atoms with Gasteiger partial charge in [-0.25, -0.2) is 17.5 Å². The van der Waals surface area contributed by atoms with Gasteiger partial charge in [0.05, 0.1) is 23.3 Å². The molecule has 2 aromatic carbocycles. The van der Waals surface area contributed by atoms with Gasteiger partial charge in [-0.1, -0.05) is 19.1 Å². The van der Waals surface area contributed by atoms with Crippen molar-refractivity contribution in [2.75, 3.05) is 12.4 Å². The number of amides is 1. The number of methoxy groups -OCH3 is 1. The van der Waals surface area contributed by atoms with Gasteiger partial charge in [0.25, 0.3) is 5.91 Å². The third-order valence-electron chi connectivity index (χ3n) is 3.82. The van der Waals surface area contributed by atoms with Crippen molar-refractivity contribution in [3.63, 3.8) is 0 Å². The van der Waals surface area contributed by atoms with Crippen molar-refractivity contribution in [3.8, 4) is 5.75 Å². The summed E-state index contributed by atoms with van der Waals surface area (Å²) in [5.74, 6) is -1.12. The van der Waals surface area contributed by atoms with Crippen molar-refractivity contribution in [2.45, 2.75) is 31.2 Å². The van der Waals surface area contributed by atoms with Gasteiger partial charge in [0, 0.05) is 6.04 Å². The molecule has 0 aromatic heterocycles. The average Bonchev–Trinajstić information content (AvgIpc) is 2.61. The molecule has 140 valence electrons. The maximum absolute atomic E-state index is 13.8. The molecule has 0 fully saturated rings. The molecule has 0 heterocycles. The van der Waals surface area contributed by atoms with Crippen molar-refractivity contribution in [1.82, 2.24) is 4.72 Å². The number of carbonyl (C=O) groups is 1. The monoisotopic (exact) mass is 380 g/mol. The lowest BCUT2D eigenvalue weighted by atomic mass is 10.2. The third kappa shape index (κ3) is 4.59.